The summed E-state index contributed by atoms with van der Waals surface area (Å²) in [5, 5.41) is 3.31. The molecule has 0 amide bonds. The number of hydrogen-bond acceptors (Lipinski definition) is 4. The Morgan fingerprint density at radius 2 is 1.78 bits per heavy atom. The monoisotopic (exact) mass is 387 g/mol. The Morgan fingerprint density at radius 3 is 2.41 bits per heavy atom. The summed E-state index contributed by atoms with van der Waals surface area (Å²) < 4.78 is 40.3. The largest absolute Gasteiger partial charge is 0.327 e. The first-order valence-electron chi connectivity index (χ1n) is 9.02. The van der Waals surface area contributed by atoms with Crippen molar-refractivity contribution in [1.29, 1.82) is 0 Å². The fraction of sp³-hybridized carbons (Fsp3) is 0.350. The molecule has 4 rings (SSSR count). The van der Waals surface area contributed by atoms with E-state index >= 15 is 4.39 Å². The maximum Gasteiger partial charge on any atom is 0.175 e. The molecule has 1 N–H and O–H groups in total. The lowest BCUT2D eigenvalue weighted by atomic mass is 9.89. The van der Waals surface area contributed by atoms with Crippen molar-refractivity contribution < 1.29 is 12.8 Å². The van der Waals surface area contributed by atoms with E-state index in [1.807, 2.05) is 23.7 Å². The summed E-state index contributed by atoms with van der Waals surface area (Å²) in [5.41, 5.74) is 2.59. The first-order valence-corrected chi connectivity index (χ1v) is 10.9. The number of halogens is 1. The van der Waals surface area contributed by atoms with Crippen molar-refractivity contribution in [1.82, 2.24) is 14.9 Å². The fourth-order valence-corrected chi connectivity index (χ4v) is 4.43. The van der Waals surface area contributed by atoms with Crippen LogP contribution in [0, 0.1) is 5.82 Å². The van der Waals surface area contributed by atoms with Crippen LogP contribution in [-0.4, -0.2) is 37.3 Å². The number of benzene rings is 2. The molecule has 0 bridgehead atoms. The second-order valence-electron chi connectivity index (χ2n) is 7.15. The van der Waals surface area contributed by atoms with E-state index in [-0.39, 0.29) is 16.6 Å². The topological polar surface area (TPSA) is 64.0 Å². The van der Waals surface area contributed by atoms with Gasteiger partial charge in [0.25, 0.3) is 0 Å². The van der Waals surface area contributed by atoms with Crippen molar-refractivity contribution in [3.8, 4) is 11.4 Å². The van der Waals surface area contributed by atoms with Crippen LogP contribution in [-0.2, 0) is 16.9 Å². The van der Waals surface area contributed by atoms with Gasteiger partial charge < -0.3 is 9.88 Å². The number of sulfone groups is 1. The zero-order valence-corrected chi connectivity index (χ0v) is 16.2. The summed E-state index contributed by atoms with van der Waals surface area (Å²) in [7, 11) is -1.41. The van der Waals surface area contributed by atoms with Gasteiger partial charge in [0.05, 0.1) is 10.4 Å². The van der Waals surface area contributed by atoms with Gasteiger partial charge in [0.1, 0.15) is 11.3 Å². The fourth-order valence-electron chi connectivity index (χ4n) is 3.80. The second kappa shape index (κ2) is 6.73. The van der Waals surface area contributed by atoms with Crippen molar-refractivity contribution in [2.75, 3.05) is 19.3 Å². The van der Waals surface area contributed by atoms with Crippen LogP contribution in [0.25, 0.3) is 22.4 Å². The van der Waals surface area contributed by atoms with Crippen molar-refractivity contribution in [2.24, 2.45) is 7.05 Å². The van der Waals surface area contributed by atoms with Gasteiger partial charge in [-0.15, -0.1) is 0 Å². The number of hydrogen-bond donors (Lipinski definition) is 1. The average molecular weight is 387 g/mol. The average Bonchev–Trinajstić information content (AvgIpc) is 3.00. The van der Waals surface area contributed by atoms with Crippen LogP contribution in [0.15, 0.2) is 41.3 Å². The molecule has 7 heteroatoms. The van der Waals surface area contributed by atoms with E-state index in [0.717, 1.165) is 42.6 Å². The predicted molar refractivity (Wildman–Crippen MR) is 104 cm³/mol. The smallest absolute Gasteiger partial charge is 0.175 e. The van der Waals surface area contributed by atoms with Crippen LogP contribution < -0.4 is 5.32 Å². The molecule has 0 spiro atoms. The van der Waals surface area contributed by atoms with E-state index in [1.165, 1.54) is 6.26 Å². The van der Waals surface area contributed by atoms with E-state index in [2.05, 4.69) is 10.3 Å². The molecule has 0 saturated carbocycles. The maximum absolute atomic E-state index is 15.2. The molecular weight excluding hydrogens is 365 g/mol. The first-order chi connectivity index (χ1) is 12.9. The van der Waals surface area contributed by atoms with Crippen LogP contribution in [0.5, 0.6) is 0 Å². The van der Waals surface area contributed by atoms with E-state index < -0.39 is 9.84 Å². The van der Waals surface area contributed by atoms with Gasteiger partial charge in [-0.05, 0) is 67.7 Å². The summed E-state index contributed by atoms with van der Waals surface area (Å²) in [6.45, 7) is 1.81. The molecule has 0 atom stereocenters. The summed E-state index contributed by atoms with van der Waals surface area (Å²) in [5.74, 6) is 0.593. The highest BCUT2D eigenvalue weighted by atomic mass is 32.2. The zero-order chi connectivity index (χ0) is 19.2. The molecule has 2 heterocycles. The molecule has 1 aromatic heterocycles. The number of rotatable bonds is 3. The Hall–Kier alpha value is -2.25. The predicted octanol–water partition coefficient (Wildman–Crippen LogP) is 3.25. The van der Waals surface area contributed by atoms with Crippen LogP contribution in [0.2, 0.25) is 0 Å². The highest BCUT2D eigenvalue weighted by Gasteiger charge is 2.22. The minimum atomic E-state index is -3.25. The highest BCUT2D eigenvalue weighted by molar-refractivity contribution is 7.90. The SMILES string of the molecule is Cn1c(-c2ccc(S(C)(=O)=O)cc2)nc2c(F)c(C3CCNCC3)ccc21. The van der Waals surface area contributed by atoms with E-state index in [1.54, 1.807) is 24.3 Å². The number of piperidine rings is 1. The van der Waals surface area contributed by atoms with Crippen LogP contribution in [0.4, 0.5) is 4.39 Å². The van der Waals surface area contributed by atoms with Gasteiger partial charge in [0.2, 0.25) is 0 Å². The molecule has 27 heavy (non-hydrogen) atoms. The van der Waals surface area contributed by atoms with Crippen LogP contribution in [0.1, 0.15) is 24.3 Å². The van der Waals surface area contributed by atoms with Gasteiger partial charge in [-0.3, -0.25) is 0 Å². The molecule has 2 aromatic carbocycles. The van der Waals surface area contributed by atoms with Crippen molar-refractivity contribution in [2.45, 2.75) is 23.7 Å². The van der Waals surface area contributed by atoms with E-state index in [9.17, 15) is 8.42 Å². The Kier molecular flexibility index (Phi) is 4.52. The Labute approximate surface area is 158 Å². The third-order valence-electron chi connectivity index (χ3n) is 5.34. The number of fused-ring (bicyclic) bond motifs is 1. The summed E-state index contributed by atoms with van der Waals surface area (Å²) >= 11 is 0. The number of aromatic nitrogens is 2. The number of aryl methyl sites for hydroxylation is 1. The van der Waals surface area contributed by atoms with Crippen molar-refractivity contribution in [3.05, 3.63) is 47.8 Å². The Bertz CT molecular complexity index is 1100. The maximum atomic E-state index is 15.2. The molecule has 142 valence electrons. The van der Waals surface area contributed by atoms with E-state index in [0.29, 0.717) is 11.3 Å². The molecule has 0 unspecified atom stereocenters. The van der Waals surface area contributed by atoms with Crippen LogP contribution in [0.3, 0.4) is 0 Å². The third kappa shape index (κ3) is 3.26. The molecule has 1 saturated heterocycles. The second-order valence-corrected chi connectivity index (χ2v) is 9.17. The molecule has 3 aromatic rings. The van der Waals surface area contributed by atoms with Gasteiger partial charge in [0.15, 0.2) is 15.7 Å². The van der Waals surface area contributed by atoms with Gasteiger partial charge in [-0.25, -0.2) is 17.8 Å². The standard InChI is InChI=1S/C20H22FN3O2S/c1-24-17-8-7-16(13-9-11-22-12-10-13)18(21)19(17)23-20(24)14-3-5-15(6-4-14)27(2,25)26/h3-8,13,22H,9-12H2,1-2H3. The summed E-state index contributed by atoms with van der Waals surface area (Å²) in [6, 6.07) is 10.3. The minimum absolute atomic E-state index is 0.218. The summed E-state index contributed by atoms with van der Waals surface area (Å²) in [4.78, 5) is 4.81. The van der Waals surface area contributed by atoms with Crippen LogP contribution >= 0.6 is 0 Å². The van der Waals surface area contributed by atoms with Gasteiger partial charge in [-0.1, -0.05) is 6.07 Å². The van der Waals surface area contributed by atoms with Gasteiger partial charge >= 0.3 is 0 Å². The lowest BCUT2D eigenvalue weighted by molar-refractivity contribution is 0.446. The minimum Gasteiger partial charge on any atom is -0.327 e. The molecule has 1 aliphatic heterocycles. The summed E-state index contributed by atoms with van der Waals surface area (Å²) in [6.07, 6.45) is 3.03. The molecule has 5 nitrogen and oxygen atoms in total. The normalized spacial score (nSPS) is 16.1. The molecule has 1 aliphatic rings. The number of nitrogens with one attached hydrogen (secondary N) is 1. The van der Waals surface area contributed by atoms with Gasteiger partial charge in [-0.2, -0.15) is 0 Å². The molecule has 0 radical (unpaired) electrons. The number of nitrogens with zero attached hydrogens (tertiary/aromatic N) is 2. The molecular formula is C20H22FN3O2S. The highest BCUT2D eigenvalue weighted by Crippen LogP contribution is 2.33. The first kappa shape index (κ1) is 18.1. The Morgan fingerprint density at radius 1 is 1.11 bits per heavy atom. The number of imidazole rings is 1. The van der Waals surface area contributed by atoms with E-state index in [4.69, 9.17) is 0 Å². The third-order valence-corrected chi connectivity index (χ3v) is 6.47. The zero-order valence-electron chi connectivity index (χ0n) is 15.4. The quantitative estimate of drug-likeness (QED) is 0.749. The molecule has 0 aliphatic carbocycles. The Balaban J connectivity index is 1.78. The lowest BCUT2D eigenvalue weighted by Gasteiger charge is -2.23. The molecule has 1 fully saturated rings. The van der Waals surface area contributed by atoms with Gasteiger partial charge in [0, 0.05) is 18.9 Å². The van der Waals surface area contributed by atoms with Crippen molar-refractivity contribution >= 4 is 20.9 Å². The lowest BCUT2D eigenvalue weighted by Crippen LogP contribution is -2.27. The van der Waals surface area contributed by atoms with Crippen molar-refractivity contribution in [3.63, 3.8) is 0 Å².